The first-order valence-electron chi connectivity index (χ1n) is 25.0. The van der Waals surface area contributed by atoms with Crippen molar-refractivity contribution in [3.63, 3.8) is 0 Å². The maximum absolute atomic E-state index is 12.7. The topological polar surface area (TPSA) is 78.9 Å². The van der Waals surface area contributed by atoms with Gasteiger partial charge in [-0.15, -0.1) is 0 Å². The highest BCUT2D eigenvalue weighted by atomic mass is 16.6. The summed E-state index contributed by atoms with van der Waals surface area (Å²) in [5.74, 6) is -0.911. The molecule has 0 radical (unpaired) electrons. The number of esters is 3. The molecule has 0 saturated heterocycles. The third-order valence-electron chi connectivity index (χ3n) is 10.9. The first-order chi connectivity index (χ1) is 28.5. The molecule has 0 bridgehead atoms. The van der Waals surface area contributed by atoms with Crippen LogP contribution in [0.4, 0.5) is 0 Å². The van der Waals surface area contributed by atoms with Crippen LogP contribution in [0.25, 0.3) is 0 Å². The minimum absolute atomic E-state index is 0.0801. The van der Waals surface area contributed by atoms with E-state index in [1.165, 1.54) is 148 Å². The molecule has 0 heterocycles. The van der Waals surface area contributed by atoms with Crippen molar-refractivity contribution in [1.82, 2.24) is 0 Å². The molecule has 338 valence electrons. The summed E-state index contributed by atoms with van der Waals surface area (Å²) in [4.78, 5) is 37.9. The van der Waals surface area contributed by atoms with Crippen LogP contribution in [0, 0.1) is 0 Å². The van der Waals surface area contributed by atoms with Crippen molar-refractivity contribution in [2.75, 3.05) is 13.2 Å². The van der Waals surface area contributed by atoms with E-state index in [0.29, 0.717) is 19.3 Å². The molecular weight excluding hydrogens is 721 g/mol. The Morgan fingerprint density at radius 2 is 0.621 bits per heavy atom. The maximum atomic E-state index is 12.7. The summed E-state index contributed by atoms with van der Waals surface area (Å²) in [5, 5.41) is 0. The summed E-state index contributed by atoms with van der Waals surface area (Å²) in [6.07, 6.45) is 54.1. The van der Waals surface area contributed by atoms with E-state index >= 15 is 0 Å². The fourth-order valence-electron chi connectivity index (χ4n) is 7.10. The summed E-state index contributed by atoms with van der Waals surface area (Å²) in [6.45, 7) is 6.58. The molecule has 0 rings (SSSR count). The summed E-state index contributed by atoms with van der Waals surface area (Å²) >= 11 is 0. The number of rotatable bonds is 45. The standard InChI is InChI=1S/C52H94O6/c1-4-7-10-13-16-19-22-25-26-28-31-33-36-39-42-45-51(54)57-48-49(58-52(55)46-43-40-37-34-29-24-21-18-15-12-9-6-3)47-56-50(53)44-41-38-35-32-30-27-23-20-17-14-11-8-5-2/h16,19,25-26,31,33,49H,4-15,17-18,20-24,27-30,32,34-48H2,1-3H3/b19-16-,26-25-,33-31-/t49-/m0/s1. The largest absolute Gasteiger partial charge is 0.462 e. The highest BCUT2D eigenvalue weighted by Gasteiger charge is 2.19. The van der Waals surface area contributed by atoms with E-state index in [9.17, 15) is 14.4 Å². The Morgan fingerprint density at radius 3 is 1.00 bits per heavy atom. The fourth-order valence-corrected chi connectivity index (χ4v) is 7.10. The Morgan fingerprint density at radius 1 is 0.345 bits per heavy atom. The molecule has 6 nitrogen and oxygen atoms in total. The van der Waals surface area contributed by atoms with E-state index in [1.54, 1.807) is 0 Å². The van der Waals surface area contributed by atoms with Gasteiger partial charge in [-0.25, -0.2) is 0 Å². The molecule has 0 amide bonds. The second-order valence-electron chi connectivity index (χ2n) is 16.7. The van der Waals surface area contributed by atoms with E-state index in [4.69, 9.17) is 14.2 Å². The predicted octanol–water partition coefficient (Wildman–Crippen LogP) is 16.1. The molecule has 0 saturated carbocycles. The van der Waals surface area contributed by atoms with Crippen molar-refractivity contribution in [2.45, 2.75) is 264 Å². The third-order valence-corrected chi connectivity index (χ3v) is 10.9. The van der Waals surface area contributed by atoms with Gasteiger partial charge in [-0.2, -0.15) is 0 Å². The van der Waals surface area contributed by atoms with Gasteiger partial charge < -0.3 is 14.2 Å². The van der Waals surface area contributed by atoms with Crippen molar-refractivity contribution in [2.24, 2.45) is 0 Å². The minimum Gasteiger partial charge on any atom is -0.462 e. The molecule has 0 fully saturated rings. The minimum atomic E-state index is -0.781. The van der Waals surface area contributed by atoms with Gasteiger partial charge in [-0.05, 0) is 57.8 Å². The van der Waals surface area contributed by atoms with Gasteiger partial charge in [0.1, 0.15) is 13.2 Å². The van der Waals surface area contributed by atoms with Crippen molar-refractivity contribution in [3.8, 4) is 0 Å². The number of allylic oxidation sites excluding steroid dienone is 6. The Labute approximate surface area is 359 Å². The second kappa shape index (κ2) is 47.3. The highest BCUT2D eigenvalue weighted by Crippen LogP contribution is 2.15. The van der Waals surface area contributed by atoms with Crippen LogP contribution in [-0.2, 0) is 28.6 Å². The Balaban J connectivity index is 4.41. The van der Waals surface area contributed by atoms with Gasteiger partial charge >= 0.3 is 17.9 Å². The average molecular weight is 815 g/mol. The first kappa shape index (κ1) is 55.6. The summed E-state index contributed by atoms with van der Waals surface area (Å²) in [5.41, 5.74) is 0. The van der Waals surface area contributed by atoms with Gasteiger partial charge in [0.2, 0.25) is 0 Å². The molecular formula is C52H94O6. The van der Waals surface area contributed by atoms with Gasteiger partial charge in [0, 0.05) is 19.3 Å². The van der Waals surface area contributed by atoms with E-state index in [0.717, 1.165) is 70.6 Å². The zero-order valence-electron chi connectivity index (χ0n) is 38.6. The van der Waals surface area contributed by atoms with Crippen LogP contribution >= 0.6 is 0 Å². The van der Waals surface area contributed by atoms with Gasteiger partial charge in [0.15, 0.2) is 6.10 Å². The molecule has 0 aliphatic rings. The monoisotopic (exact) mass is 815 g/mol. The van der Waals surface area contributed by atoms with Crippen LogP contribution in [-0.4, -0.2) is 37.2 Å². The average Bonchev–Trinajstić information content (AvgIpc) is 3.22. The van der Waals surface area contributed by atoms with Crippen LogP contribution in [0.5, 0.6) is 0 Å². The summed E-state index contributed by atoms with van der Waals surface area (Å²) < 4.78 is 16.7. The number of carbonyl (C=O) groups is 3. The Kier molecular flexibility index (Phi) is 45.4. The molecule has 58 heavy (non-hydrogen) atoms. The lowest BCUT2D eigenvalue weighted by atomic mass is 10.0. The molecule has 1 atom stereocenters. The van der Waals surface area contributed by atoms with Crippen molar-refractivity contribution < 1.29 is 28.6 Å². The summed E-state index contributed by atoms with van der Waals surface area (Å²) in [7, 11) is 0. The number of ether oxygens (including phenoxy) is 3. The number of carbonyl (C=O) groups excluding carboxylic acids is 3. The molecule has 0 aliphatic carbocycles. The molecule has 0 aromatic carbocycles. The molecule has 0 spiro atoms. The number of unbranched alkanes of at least 4 members (excludes halogenated alkanes) is 28. The van der Waals surface area contributed by atoms with Crippen LogP contribution < -0.4 is 0 Å². The first-order valence-corrected chi connectivity index (χ1v) is 25.0. The zero-order chi connectivity index (χ0) is 42.3. The van der Waals surface area contributed by atoms with Crippen LogP contribution in [0.3, 0.4) is 0 Å². The van der Waals surface area contributed by atoms with Crippen molar-refractivity contribution >= 4 is 17.9 Å². The van der Waals surface area contributed by atoms with Crippen LogP contribution in [0.2, 0.25) is 0 Å². The van der Waals surface area contributed by atoms with Crippen LogP contribution in [0.15, 0.2) is 36.5 Å². The Hall–Kier alpha value is -2.37. The molecule has 0 unspecified atom stereocenters. The van der Waals surface area contributed by atoms with E-state index in [2.05, 4.69) is 57.2 Å². The normalized spacial score (nSPS) is 12.3. The molecule has 0 N–H and O–H groups in total. The smallest absolute Gasteiger partial charge is 0.306 e. The molecule has 6 heteroatoms. The second-order valence-corrected chi connectivity index (χ2v) is 16.7. The fraction of sp³-hybridized carbons (Fsp3) is 0.827. The SMILES string of the molecule is CCCCC/C=C\C/C=C\C/C=C\CCCCC(=O)OC[C@H](COC(=O)CCCCCCCCCCCCCCC)OC(=O)CCCCCCCCCCCCCC. The highest BCUT2D eigenvalue weighted by molar-refractivity contribution is 5.71. The van der Waals surface area contributed by atoms with Gasteiger partial charge in [0.05, 0.1) is 0 Å². The lowest BCUT2D eigenvalue weighted by Crippen LogP contribution is -2.30. The van der Waals surface area contributed by atoms with Crippen molar-refractivity contribution in [1.29, 1.82) is 0 Å². The maximum Gasteiger partial charge on any atom is 0.306 e. The van der Waals surface area contributed by atoms with E-state index in [-0.39, 0.29) is 31.1 Å². The lowest BCUT2D eigenvalue weighted by molar-refractivity contribution is -0.167. The zero-order valence-corrected chi connectivity index (χ0v) is 38.6. The third kappa shape index (κ3) is 44.7. The molecule has 0 aromatic heterocycles. The Bertz CT molecular complexity index is 984. The van der Waals surface area contributed by atoms with Crippen LogP contribution in [0.1, 0.15) is 258 Å². The quantitative estimate of drug-likeness (QED) is 0.0264. The predicted molar refractivity (Wildman–Crippen MR) is 247 cm³/mol. The van der Waals surface area contributed by atoms with E-state index < -0.39 is 6.10 Å². The molecule has 0 aromatic rings. The number of hydrogen-bond acceptors (Lipinski definition) is 6. The van der Waals surface area contributed by atoms with Gasteiger partial charge in [-0.1, -0.05) is 218 Å². The van der Waals surface area contributed by atoms with Gasteiger partial charge in [-0.3, -0.25) is 14.4 Å². The molecule has 0 aliphatic heterocycles. The van der Waals surface area contributed by atoms with Gasteiger partial charge in [0.25, 0.3) is 0 Å². The summed E-state index contributed by atoms with van der Waals surface area (Å²) in [6, 6.07) is 0. The number of hydrogen-bond donors (Lipinski definition) is 0. The lowest BCUT2D eigenvalue weighted by Gasteiger charge is -2.18. The van der Waals surface area contributed by atoms with Crippen molar-refractivity contribution in [3.05, 3.63) is 36.5 Å². The van der Waals surface area contributed by atoms with E-state index in [1.807, 2.05) is 0 Å².